The topological polar surface area (TPSA) is 12.4 Å². The number of aliphatic imine (C=N–C) groups is 1. The molecule has 1 aliphatic carbocycles. The van der Waals surface area contributed by atoms with Crippen molar-refractivity contribution in [1.29, 1.82) is 0 Å². The average molecular weight is 566 g/mol. The molecule has 1 aliphatic rings. The lowest BCUT2D eigenvalue weighted by Gasteiger charge is -2.23. The zero-order valence-electron chi connectivity index (χ0n) is 25.5. The van der Waals surface area contributed by atoms with Gasteiger partial charge in [-0.1, -0.05) is 154 Å². The van der Waals surface area contributed by atoms with Crippen LogP contribution in [0.1, 0.15) is 48.6 Å². The molecule has 0 fully saturated rings. The van der Waals surface area contributed by atoms with Crippen LogP contribution in [0.5, 0.6) is 0 Å². The van der Waals surface area contributed by atoms with Crippen molar-refractivity contribution in [3.63, 3.8) is 0 Å². The van der Waals surface area contributed by atoms with Crippen molar-refractivity contribution in [3.8, 4) is 22.3 Å². The maximum atomic E-state index is 5.09. The summed E-state index contributed by atoms with van der Waals surface area (Å²) in [6.07, 6.45) is 2.17. The fourth-order valence-electron chi connectivity index (χ4n) is 6.63. The van der Waals surface area contributed by atoms with E-state index < -0.39 is 0 Å². The zero-order chi connectivity index (χ0) is 30.3. The van der Waals surface area contributed by atoms with Gasteiger partial charge in [-0.05, 0) is 79.9 Å². The molecule has 0 N–H and O–H groups in total. The summed E-state index contributed by atoms with van der Waals surface area (Å²) in [6.45, 7) is 11.2. The number of fused-ring (bicyclic) bond motifs is 4. The predicted octanol–water partition coefficient (Wildman–Crippen LogP) is 11.4. The van der Waals surface area contributed by atoms with Gasteiger partial charge in [0.15, 0.2) is 0 Å². The Labute approximate surface area is 260 Å². The summed E-state index contributed by atoms with van der Waals surface area (Å²) in [6, 6.07) is 49.7. The number of rotatable bonds is 6. The first-order chi connectivity index (χ1) is 21.4. The predicted molar refractivity (Wildman–Crippen MR) is 189 cm³/mol. The van der Waals surface area contributed by atoms with Crippen molar-refractivity contribution in [1.82, 2.24) is 0 Å². The van der Waals surface area contributed by atoms with Crippen LogP contribution in [0.15, 0.2) is 157 Å². The molecule has 0 bridgehead atoms. The van der Waals surface area contributed by atoms with E-state index in [0.717, 1.165) is 28.1 Å². The summed E-state index contributed by atoms with van der Waals surface area (Å²) in [7, 11) is 0. The van der Waals surface area contributed by atoms with Gasteiger partial charge in [0.25, 0.3) is 0 Å². The smallest absolute Gasteiger partial charge is 0.0712 e. The lowest BCUT2D eigenvalue weighted by atomic mass is 9.80. The second-order valence-electron chi connectivity index (χ2n) is 12.1. The molecule has 0 heterocycles. The minimum Gasteiger partial charge on any atom is -0.248 e. The summed E-state index contributed by atoms with van der Waals surface area (Å²) in [5.41, 5.74) is 13.9. The third-order valence-electron chi connectivity index (χ3n) is 9.01. The highest BCUT2D eigenvalue weighted by molar-refractivity contribution is 6.14. The minimum atomic E-state index is -0.0674. The van der Waals surface area contributed by atoms with Gasteiger partial charge in [0.2, 0.25) is 0 Å². The van der Waals surface area contributed by atoms with E-state index in [0.29, 0.717) is 0 Å². The fourth-order valence-corrected chi connectivity index (χ4v) is 6.63. The van der Waals surface area contributed by atoms with Crippen LogP contribution < -0.4 is 0 Å². The second kappa shape index (κ2) is 11.1. The number of hydrogen-bond donors (Lipinski definition) is 0. The first-order valence-corrected chi connectivity index (χ1v) is 15.3. The van der Waals surface area contributed by atoms with Crippen molar-refractivity contribution in [2.24, 2.45) is 4.99 Å². The second-order valence-corrected chi connectivity index (χ2v) is 12.1. The highest BCUT2D eigenvalue weighted by atomic mass is 14.8. The van der Waals surface area contributed by atoms with E-state index in [1.165, 1.54) is 49.7 Å². The molecule has 0 radical (unpaired) electrons. The Bertz CT molecular complexity index is 2080. The summed E-state index contributed by atoms with van der Waals surface area (Å²) < 4.78 is 0. The molecule has 1 heteroatoms. The number of hydrogen-bond acceptors (Lipinski definition) is 1. The van der Waals surface area contributed by atoms with E-state index in [1.54, 1.807) is 0 Å². The Morgan fingerprint density at radius 3 is 1.95 bits per heavy atom. The summed E-state index contributed by atoms with van der Waals surface area (Å²) in [5.74, 6) is 0. The SMILES string of the molecule is C=C(/N=C(\C=C(/C)c1ccccc1)c1ccc(-c2c3c(cc4ccccc24)C(C)(C)c2ccccc2-3)cc1)c1ccccc1. The first-order valence-electron chi connectivity index (χ1n) is 15.3. The molecule has 6 aromatic carbocycles. The minimum absolute atomic E-state index is 0.0674. The molecule has 0 saturated carbocycles. The van der Waals surface area contributed by atoms with Crippen LogP contribution in [0.3, 0.4) is 0 Å². The normalized spacial score (nSPS) is 13.9. The summed E-state index contributed by atoms with van der Waals surface area (Å²) in [5, 5.41) is 2.55. The monoisotopic (exact) mass is 565 g/mol. The Morgan fingerprint density at radius 1 is 0.614 bits per heavy atom. The first kappa shape index (κ1) is 27.6. The number of benzene rings is 6. The molecule has 0 atom stereocenters. The molecule has 212 valence electrons. The Balaban J connectivity index is 1.38. The van der Waals surface area contributed by atoms with Gasteiger partial charge in [0.05, 0.1) is 11.4 Å². The quantitative estimate of drug-likeness (QED) is 0.178. The molecule has 6 aromatic rings. The van der Waals surface area contributed by atoms with Crippen LogP contribution in [0.25, 0.3) is 44.3 Å². The lowest BCUT2D eigenvalue weighted by molar-refractivity contribution is 0.661. The maximum absolute atomic E-state index is 5.09. The van der Waals surface area contributed by atoms with Crippen molar-refractivity contribution in [3.05, 3.63) is 180 Å². The highest BCUT2D eigenvalue weighted by Crippen LogP contribution is 2.54. The molecule has 0 aromatic heterocycles. The van der Waals surface area contributed by atoms with Crippen LogP contribution in [-0.2, 0) is 5.41 Å². The van der Waals surface area contributed by atoms with Gasteiger partial charge in [-0.15, -0.1) is 0 Å². The molecule has 0 amide bonds. The molecular weight excluding hydrogens is 530 g/mol. The summed E-state index contributed by atoms with van der Waals surface area (Å²) >= 11 is 0. The van der Waals surface area contributed by atoms with Gasteiger partial charge < -0.3 is 0 Å². The van der Waals surface area contributed by atoms with Gasteiger partial charge in [-0.2, -0.15) is 0 Å². The van der Waals surface area contributed by atoms with Gasteiger partial charge in [0, 0.05) is 11.0 Å². The third-order valence-corrected chi connectivity index (χ3v) is 9.01. The van der Waals surface area contributed by atoms with E-state index in [4.69, 9.17) is 4.99 Å². The Hall–Kier alpha value is -5.27. The van der Waals surface area contributed by atoms with Gasteiger partial charge in [-0.3, -0.25) is 0 Å². The van der Waals surface area contributed by atoms with Crippen LogP contribution >= 0.6 is 0 Å². The molecule has 44 heavy (non-hydrogen) atoms. The molecule has 0 aliphatic heterocycles. The number of allylic oxidation sites excluding steroid dienone is 2. The summed E-state index contributed by atoms with van der Waals surface area (Å²) in [4.78, 5) is 5.09. The van der Waals surface area contributed by atoms with Crippen molar-refractivity contribution >= 4 is 27.8 Å². The van der Waals surface area contributed by atoms with Crippen LogP contribution in [0.2, 0.25) is 0 Å². The maximum Gasteiger partial charge on any atom is 0.0712 e. The molecule has 1 nitrogen and oxygen atoms in total. The van der Waals surface area contributed by atoms with Crippen LogP contribution in [0, 0.1) is 0 Å². The van der Waals surface area contributed by atoms with E-state index in [-0.39, 0.29) is 5.41 Å². The van der Waals surface area contributed by atoms with Crippen molar-refractivity contribution in [2.45, 2.75) is 26.2 Å². The van der Waals surface area contributed by atoms with E-state index >= 15 is 0 Å². The molecular formula is C43H35N. The molecule has 0 unspecified atom stereocenters. The number of nitrogens with zero attached hydrogens (tertiary/aromatic N) is 1. The average Bonchev–Trinajstić information content (AvgIpc) is 3.30. The van der Waals surface area contributed by atoms with E-state index in [1.807, 2.05) is 24.3 Å². The Kier molecular flexibility index (Phi) is 6.95. The van der Waals surface area contributed by atoms with E-state index in [9.17, 15) is 0 Å². The van der Waals surface area contributed by atoms with Crippen molar-refractivity contribution < 1.29 is 0 Å². The highest BCUT2D eigenvalue weighted by Gasteiger charge is 2.37. The largest absolute Gasteiger partial charge is 0.248 e. The fraction of sp³-hybridized carbons (Fsp3) is 0.0930. The van der Waals surface area contributed by atoms with Gasteiger partial charge >= 0.3 is 0 Å². The van der Waals surface area contributed by atoms with E-state index in [2.05, 4.69) is 149 Å². The standard InChI is InChI=1S/C43H35N/c1-29(31-15-7-5-8-16-31)27-40(44-30(2)32-17-9-6-10-18-32)33-23-25-34(26-24-33)41-36-20-12-11-19-35(36)28-39-42(41)37-21-13-14-22-38(37)43(39,3)4/h5-28H,2H2,1,3-4H3/b29-27+,44-40+. The van der Waals surface area contributed by atoms with Gasteiger partial charge in [-0.25, -0.2) is 4.99 Å². The Morgan fingerprint density at radius 2 is 1.23 bits per heavy atom. The molecule has 0 spiro atoms. The third kappa shape index (κ3) is 4.81. The van der Waals surface area contributed by atoms with Crippen LogP contribution in [0.4, 0.5) is 0 Å². The van der Waals surface area contributed by atoms with Gasteiger partial charge in [0.1, 0.15) is 0 Å². The lowest BCUT2D eigenvalue weighted by Crippen LogP contribution is -2.14. The zero-order valence-corrected chi connectivity index (χ0v) is 25.5. The molecule has 0 saturated heterocycles. The van der Waals surface area contributed by atoms with Crippen LogP contribution in [-0.4, -0.2) is 5.71 Å². The van der Waals surface area contributed by atoms with Crippen molar-refractivity contribution in [2.75, 3.05) is 0 Å². The molecule has 7 rings (SSSR count).